The topological polar surface area (TPSA) is 91.4 Å². The highest BCUT2D eigenvalue weighted by atomic mass is 35.5. The van der Waals surface area contributed by atoms with Crippen molar-refractivity contribution in [1.29, 1.82) is 0 Å². The van der Waals surface area contributed by atoms with Crippen LogP contribution in [0.5, 0.6) is 0 Å². The van der Waals surface area contributed by atoms with E-state index in [2.05, 4.69) is 4.72 Å². The number of rotatable bonds is 4. The molecule has 0 aliphatic heterocycles. The third-order valence-electron chi connectivity index (χ3n) is 2.47. The molecule has 2 rings (SSSR count). The zero-order valence-corrected chi connectivity index (χ0v) is 11.8. The van der Waals surface area contributed by atoms with Gasteiger partial charge in [-0.15, -0.1) is 0 Å². The maximum absolute atomic E-state index is 13.5. The van der Waals surface area contributed by atoms with Crippen LogP contribution in [0.1, 0.15) is 0 Å². The van der Waals surface area contributed by atoms with E-state index in [1.807, 2.05) is 0 Å². The molecule has 0 aromatic heterocycles. The molecule has 0 radical (unpaired) electrons. The van der Waals surface area contributed by atoms with Crippen LogP contribution in [0.25, 0.3) is 4.72 Å². The van der Waals surface area contributed by atoms with Crippen molar-refractivity contribution < 1.29 is 17.7 Å². The first-order valence-corrected chi connectivity index (χ1v) is 7.29. The van der Waals surface area contributed by atoms with E-state index in [9.17, 15) is 22.9 Å². The van der Waals surface area contributed by atoms with E-state index in [0.29, 0.717) is 0 Å². The molecule has 0 spiro atoms. The number of nitrogens with zero attached hydrogens (tertiary/aromatic N) is 2. The van der Waals surface area contributed by atoms with Crippen LogP contribution in [0.4, 0.5) is 15.8 Å². The van der Waals surface area contributed by atoms with Crippen molar-refractivity contribution in [2.75, 3.05) is 0 Å². The molecule has 21 heavy (non-hydrogen) atoms. The second-order valence-corrected chi connectivity index (χ2v) is 5.95. The van der Waals surface area contributed by atoms with Gasteiger partial charge in [0.1, 0.15) is 15.8 Å². The molecule has 9 heteroatoms. The molecular weight excluding hydrogens is 323 g/mol. The predicted octanol–water partition coefficient (Wildman–Crippen LogP) is 3.78. The van der Waals surface area contributed by atoms with Crippen LogP contribution >= 0.6 is 11.6 Å². The third kappa shape index (κ3) is 3.47. The maximum atomic E-state index is 13.5. The van der Waals surface area contributed by atoms with Crippen LogP contribution in [0.2, 0.25) is 5.02 Å². The molecule has 0 fully saturated rings. The van der Waals surface area contributed by atoms with E-state index in [-0.39, 0.29) is 15.6 Å². The highest BCUT2D eigenvalue weighted by Gasteiger charge is 2.10. The Morgan fingerprint density at radius 1 is 1.14 bits per heavy atom. The van der Waals surface area contributed by atoms with Crippen molar-refractivity contribution in [2.24, 2.45) is 0 Å². The summed E-state index contributed by atoms with van der Waals surface area (Å²) in [7, 11) is -4.17. The Bertz CT molecular complexity index is 793. The molecule has 0 amide bonds. The van der Waals surface area contributed by atoms with Gasteiger partial charge in [0.25, 0.3) is 5.69 Å². The first kappa shape index (κ1) is 15.2. The summed E-state index contributed by atoms with van der Waals surface area (Å²) in [5.41, 5.74) is -0.649. The van der Waals surface area contributed by atoms with Gasteiger partial charge in [0.2, 0.25) is 0 Å². The summed E-state index contributed by atoms with van der Waals surface area (Å²) in [4.78, 5) is 9.56. The molecule has 0 aliphatic carbocycles. The third-order valence-corrected chi connectivity index (χ3v) is 4.01. The van der Waals surface area contributed by atoms with E-state index in [1.165, 1.54) is 6.07 Å². The molecule has 0 unspecified atom stereocenters. The van der Waals surface area contributed by atoms with Gasteiger partial charge in [-0.2, -0.15) is 0 Å². The van der Waals surface area contributed by atoms with Gasteiger partial charge in [-0.25, -0.2) is 12.8 Å². The number of hydrogen-bond donors (Lipinski definition) is 0. The van der Waals surface area contributed by atoms with E-state index in [1.54, 1.807) is 0 Å². The number of non-ortho nitro benzene ring substituents is 1. The summed E-state index contributed by atoms with van der Waals surface area (Å²) in [6.07, 6.45) is 0. The summed E-state index contributed by atoms with van der Waals surface area (Å²) in [6, 6.07) is 7.48. The lowest BCUT2D eigenvalue weighted by molar-refractivity contribution is -0.384. The molecule has 0 aliphatic rings. The van der Waals surface area contributed by atoms with Crippen LogP contribution in [0.15, 0.2) is 47.4 Å². The Morgan fingerprint density at radius 2 is 1.76 bits per heavy atom. The average Bonchev–Trinajstić information content (AvgIpc) is 2.42. The number of sulfonamides is 1. The van der Waals surface area contributed by atoms with Crippen molar-refractivity contribution in [3.05, 3.63) is 68.1 Å². The smallest absolute Gasteiger partial charge is 0.269 e. The molecule has 0 atom stereocenters. The largest absolute Gasteiger partial charge is 0.570 e. The number of benzene rings is 2. The molecule has 0 N–H and O–H groups in total. The summed E-state index contributed by atoms with van der Waals surface area (Å²) in [6.45, 7) is 0. The van der Waals surface area contributed by atoms with Crippen LogP contribution in [-0.4, -0.2) is 13.3 Å². The number of nitro benzene ring substituents is 1. The summed E-state index contributed by atoms with van der Waals surface area (Å²) in [5, 5.41) is 10.6. The first-order chi connectivity index (χ1) is 9.79. The molecule has 2 aromatic carbocycles. The van der Waals surface area contributed by atoms with Crippen molar-refractivity contribution in [1.82, 2.24) is 0 Å². The predicted molar refractivity (Wildman–Crippen MR) is 74.7 cm³/mol. The van der Waals surface area contributed by atoms with Gasteiger partial charge < -0.3 is 4.72 Å². The van der Waals surface area contributed by atoms with Crippen molar-refractivity contribution in [3.63, 3.8) is 0 Å². The molecule has 0 bridgehead atoms. The van der Waals surface area contributed by atoms with E-state index < -0.39 is 26.5 Å². The lowest BCUT2D eigenvalue weighted by Crippen LogP contribution is -1.99. The Morgan fingerprint density at radius 3 is 2.29 bits per heavy atom. The normalized spacial score (nSPS) is 11.1. The number of halogens is 2. The Labute approximate surface area is 124 Å². The molecule has 0 heterocycles. The second-order valence-electron chi connectivity index (χ2n) is 3.91. The summed E-state index contributed by atoms with van der Waals surface area (Å²) < 4.78 is 40.8. The van der Waals surface area contributed by atoms with Crippen molar-refractivity contribution in [2.45, 2.75) is 4.90 Å². The lowest BCUT2D eigenvalue weighted by atomic mass is 10.3. The Hall–Kier alpha value is -2.19. The van der Waals surface area contributed by atoms with Gasteiger partial charge in [-0.05, 0) is 24.3 Å². The molecule has 2 aromatic rings. The Kier molecular flexibility index (Phi) is 4.10. The van der Waals surface area contributed by atoms with Crippen LogP contribution in [0.3, 0.4) is 0 Å². The fourth-order valence-corrected chi connectivity index (χ4v) is 2.63. The molecule has 0 saturated heterocycles. The van der Waals surface area contributed by atoms with Gasteiger partial charge in [0.15, 0.2) is 0 Å². The first-order valence-electron chi connectivity index (χ1n) is 5.47. The highest BCUT2D eigenvalue weighted by Crippen LogP contribution is 2.32. The number of hydrogen-bond acceptors (Lipinski definition) is 4. The fraction of sp³-hybridized carbons (Fsp3) is 0. The van der Waals surface area contributed by atoms with Crippen molar-refractivity contribution in [3.8, 4) is 0 Å². The van der Waals surface area contributed by atoms with E-state index in [0.717, 1.165) is 36.4 Å². The number of nitro groups is 1. The zero-order valence-electron chi connectivity index (χ0n) is 10.2. The highest BCUT2D eigenvalue weighted by molar-refractivity contribution is 7.94. The van der Waals surface area contributed by atoms with Crippen LogP contribution in [0, 0.1) is 15.9 Å². The average molecular weight is 330 g/mol. The minimum Gasteiger partial charge on any atom is -0.570 e. The van der Waals surface area contributed by atoms with E-state index >= 15 is 0 Å². The van der Waals surface area contributed by atoms with Crippen molar-refractivity contribution >= 4 is 33.0 Å². The van der Waals surface area contributed by atoms with Gasteiger partial charge in [-0.3, -0.25) is 10.1 Å². The molecule has 110 valence electrons. The summed E-state index contributed by atoms with van der Waals surface area (Å²) in [5.74, 6) is -0.881. The lowest BCUT2D eigenvalue weighted by Gasteiger charge is -2.22. The molecular formula is C12H7ClFN2O4S-. The minimum atomic E-state index is -4.17. The van der Waals surface area contributed by atoms with E-state index in [4.69, 9.17) is 11.6 Å². The summed E-state index contributed by atoms with van der Waals surface area (Å²) >= 11 is 5.56. The van der Waals surface area contributed by atoms with Gasteiger partial charge in [0, 0.05) is 17.2 Å². The van der Waals surface area contributed by atoms with Gasteiger partial charge >= 0.3 is 0 Å². The standard InChI is InChI=1S/C12H7ClFN2O4S/c13-8-1-6-12(11(14)7-8)15-21(19,20)10-4-2-9(3-5-10)16(17)18/h1-7H/q-1. The monoisotopic (exact) mass is 329 g/mol. The Balaban J connectivity index is 2.31. The van der Waals surface area contributed by atoms with Crippen LogP contribution in [-0.2, 0) is 10.0 Å². The SMILES string of the molecule is O=[N+]([O-])c1ccc(S(=O)(=O)[N-]c2ccc(Cl)cc2F)cc1. The zero-order chi connectivity index (χ0) is 15.6. The molecule has 0 saturated carbocycles. The van der Waals surface area contributed by atoms with Crippen LogP contribution < -0.4 is 0 Å². The quantitative estimate of drug-likeness (QED) is 0.630. The van der Waals surface area contributed by atoms with Gasteiger partial charge in [-0.1, -0.05) is 23.4 Å². The second kappa shape index (κ2) is 5.66. The maximum Gasteiger partial charge on any atom is 0.269 e. The minimum absolute atomic E-state index is 0.110. The fourth-order valence-electron chi connectivity index (χ4n) is 1.48. The van der Waals surface area contributed by atoms with Gasteiger partial charge in [0.05, 0.1) is 9.82 Å². The molecule has 6 nitrogen and oxygen atoms in total.